The molecule has 1 amide bonds. The largest absolute Gasteiger partial charge is 0.340 e. The summed E-state index contributed by atoms with van der Waals surface area (Å²) in [6.45, 7) is 6.88. The molecule has 0 aromatic carbocycles. The maximum atomic E-state index is 12.4. The summed E-state index contributed by atoms with van der Waals surface area (Å²) < 4.78 is 0. The summed E-state index contributed by atoms with van der Waals surface area (Å²) in [5.74, 6) is 1.10. The van der Waals surface area contributed by atoms with Gasteiger partial charge >= 0.3 is 0 Å². The first-order valence-electron chi connectivity index (χ1n) is 8.91. The highest BCUT2D eigenvalue weighted by atomic mass is 35.5. The van der Waals surface area contributed by atoms with Crippen LogP contribution in [0.4, 0.5) is 0 Å². The molecule has 5 nitrogen and oxygen atoms in total. The van der Waals surface area contributed by atoms with Crippen molar-refractivity contribution in [2.24, 2.45) is 5.92 Å². The molecule has 0 unspecified atom stereocenters. The topological polar surface area (TPSA) is 48.5 Å². The average Bonchev–Trinajstić information content (AvgIpc) is 2.62. The second-order valence-electron chi connectivity index (χ2n) is 6.74. The van der Waals surface area contributed by atoms with E-state index in [0.717, 1.165) is 64.6 Å². The Balaban J connectivity index is 0.00000208. The minimum absolute atomic E-state index is 0. The van der Waals surface area contributed by atoms with Gasteiger partial charge in [0, 0.05) is 51.5 Å². The second-order valence-corrected chi connectivity index (χ2v) is 6.74. The molecule has 0 atom stereocenters. The van der Waals surface area contributed by atoms with Gasteiger partial charge in [-0.3, -0.25) is 14.7 Å². The van der Waals surface area contributed by atoms with Crippen molar-refractivity contribution < 1.29 is 4.79 Å². The van der Waals surface area contributed by atoms with Crippen LogP contribution in [0.3, 0.4) is 0 Å². The highest BCUT2D eigenvalue weighted by Crippen LogP contribution is 2.19. The first-order chi connectivity index (χ1) is 11.3. The molecule has 2 aliphatic heterocycles. The lowest BCUT2D eigenvalue weighted by Crippen LogP contribution is -2.48. The molecule has 2 aliphatic rings. The Kier molecular flexibility index (Phi) is 7.95. The number of carbonyl (C=O) groups is 1. The number of rotatable bonds is 5. The highest BCUT2D eigenvalue weighted by Gasteiger charge is 2.22. The van der Waals surface area contributed by atoms with E-state index in [2.05, 4.69) is 32.2 Å². The quantitative estimate of drug-likeness (QED) is 0.879. The van der Waals surface area contributed by atoms with Crippen molar-refractivity contribution >= 4 is 18.3 Å². The number of carbonyl (C=O) groups excluding carboxylic acids is 1. The summed E-state index contributed by atoms with van der Waals surface area (Å²) in [5.41, 5.74) is 1.30. The third-order valence-electron chi connectivity index (χ3n) is 5.11. The van der Waals surface area contributed by atoms with Crippen LogP contribution in [-0.4, -0.2) is 60.0 Å². The Bertz CT molecular complexity index is 485. The number of halogens is 1. The van der Waals surface area contributed by atoms with Crippen molar-refractivity contribution in [1.29, 1.82) is 0 Å². The van der Waals surface area contributed by atoms with E-state index in [0.29, 0.717) is 5.91 Å². The number of nitrogens with one attached hydrogen (secondary N) is 1. The molecule has 1 aromatic rings. The zero-order valence-corrected chi connectivity index (χ0v) is 15.1. The van der Waals surface area contributed by atoms with Crippen LogP contribution in [0.2, 0.25) is 0 Å². The molecule has 1 N–H and O–H groups in total. The Labute approximate surface area is 151 Å². The number of pyridine rings is 1. The van der Waals surface area contributed by atoms with Crippen LogP contribution in [0, 0.1) is 5.92 Å². The van der Waals surface area contributed by atoms with Crippen LogP contribution < -0.4 is 5.32 Å². The first-order valence-corrected chi connectivity index (χ1v) is 8.91. The van der Waals surface area contributed by atoms with Crippen molar-refractivity contribution in [1.82, 2.24) is 20.1 Å². The van der Waals surface area contributed by atoms with Crippen molar-refractivity contribution in [2.75, 3.05) is 39.3 Å². The van der Waals surface area contributed by atoms with Crippen LogP contribution in [0.5, 0.6) is 0 Å². The van der Waals surface area contributed by atoms with E-state index in [1.165, 1.54) is 18.4 Å². The standard InChI is InChI=1S/C18H28N4O.ClH/c23-18(2-1-16-3-7-19-8-4-16)22-13-11-21(12-14-22)15-17-5-9-20-10-6-17;/h5-6,9-10,16,19H,1-4,7-8,11-15H2;1H. The maximum Gasteiger partial charge on any atom is 0.222 e. The Morgan fingerprint density at radius 1 is 1.12 bits per heavy atom. The zero-order valence-electron chi connectivity index (χ0n) is 14.3. The number of hydrogen-bond acceptors (Lipinski definition) is 4. The fourth-order valence-electron chi connectivity index (χ4n) is 3.56. The van der Waals surface area contributed by atoms with E-state index in [9.17, 15) is 4.79 Å². The van der Waals surface area contributed by atoms with E-state index in [-0.39, 0.29) is 12.4 Å². The Hall–Kier alpha value is -1.17. The summed E-state index contributed by atoms with van der Waals surface area (Å²) in [4.78, 5) is 20.9. The fraction of sp³-hybridized carbons (Fsp3) is 0.667. The minimum Gasteiger partial charge on any atom is -0.340 e. The van der Waals surface area contributed by atoms with Gasteiger partial charge < -0.3 is 10.2 Å². The highest BCUT2D eigenvalue weighted by molar-refractivity contribution is 5.85. The summed E-state index contributed by atoms with van der Waals surface area (Å²) >= 11 is 0. The average molecular weight is 353 g/mol. The van der Waals surface area contributed by atoms with Crippen molar-refractivity contribution in [3.8, 4) is 0 Å². The van der Waals surface area contributed by atoms with Crippen LogP contribution in [-0.2, 0) is 11.3 Å². The van der Waals surface area contributed by atoms with Crippen molar-refractivity contribution in [2.45, 2.75) is 32.2 Å². The molecule has 0 bridgehead atoms. The molecule has 24 heavy (non-hydrogen) atoms. The van der Waals surface area contributed by atoms with E-state index in [1.807, 2.05) is 12.4 Å². The van der Waals surface area contributed by atoms with Gasteiger partial charge in [-0.1, -0.05) is 0 Å². The molecule has 0 saturated carbocycles. The van der Waals surface area contributed by atoms with Gasteiger partial charge in [0.1, 0.15) is 0 Å². The molecule has 2 saturated heterocycles. The predicted octanol–water partition coefficient (Wildman–Crippen LogP) is 1.93. The molecule has 3 rings (SSSR count). The smallest absolute Gasteiger partial charge is 0.222 e. The van der Waals surface area contributed by atoms with Gasteiger partial charge in [-0.05, 0) is 56.0 Å². The molecule has 3 heterocycles. The SMILES string of the molecule is Cl.O=C(CCC1CCNCC1)N1CCN(Cc2ccncc2)CC1. The third kappa shape index (κ3) is 5.72. The van der Waals surface area contributed by atoms with Gasteiger partial charge in [-0.2, -0.15) is 0 Å². The van der Waals surface area contributed by atoms with Gasteiger partial charge in [0.2, 0.25) is 5.91 Å². The molecule has 134 valence electrons. The second kappa shape index (κ2) is 9.97. The fourth-order valence-corrected chi connectivity index (χ4v) is 3.56. The normalized spacial score (nSPS) is 19.8. The van der Waals surface area contributed by atoms with E-state index < -0.39 is 0 Å². The van der Waals surface area contributed by atoms with Crippen LogP contribution in [0.25, 0.3) is 0 Å². The summed E-state index contributed by atoms with van der Waals surface area (Å²) in [6, 6.07) is 4.13. The van der Waals surface area contributed by atoms with Gasteiger partial charge in [0.25, 0.3) is 0 Å². The van der Waals surface area contributed by atoms with E-state index in [4.69, 9.17) is 0 Å². The molecular formula is C18H29ClN4O. The van der Waals surface area contributed by atoms with Gasteiger partial charge in [0.05, 0.1) is 0 Å². The number of hydrogen-bond donors (Lipinski definition) is 1. The molecule has 0 spiro atoms. The Morgan fingerprint density at radius 3 is 2.46 bits per heavy atom. The number of piperidine rings is 1. The lowest BCUT2D eigenvalue weighted by Gasteiger charge is -2.35. The monoisotopic (exact) mass is 352 g/mol. The first kappa shape index (κ1) is 19.2. The zero-order chi connectivity index (χ0) is 15.9. The number of amides is 1. The van der Waals surface area contributed by atoms with E-state index in [1.54, 1.807) is 0 Å². The third-order valence-corrected chi connectivity index (χ3v) is 5.11. The van der Waals surface area contributed by atoms with Crippen molar-refractivity contribution in [3.05, 3.63) is 30.1 Å². The van der Waals surface area contributed by atoms with Crippen LogP contribution in [0.1, 0.15) is 31.2 Å². The lowest BCUT2D eigenvalue weighted by molar-refractivity contribution is -0.133. The Morgan fingerprint density at radius 2 is 1.79 bits per heavy atom. The minimum atomic E-state index is 0. The number of piperazine rings is 1. The van der Waals surface area contributed by atoms with Crippen LogP contribution >= 0.6 is 12.4 Å². The predicted molar refractivity (Wildman–Crippen MR) is 98.2 cm³/mol. The summed E-state index contributed by atoms with van der Waals surface area (Å²) in [7, 11) is 0. The molecule has 2 fully saturated rings. The number of aromatic nitrogens is 1. The van der Waals surface area contributed by atoms with Gasteiger partial charge in [-0.15, -0.1) is 12.4 Å². The molecule has 1 aromatic heterocycles. The van der Waals surface area contributed by atoms with Crippen molar-refractivity contribution in [3.63, 3.8) is 0 Å². The molecule has 0 radical (unpaired) electrons. The van der Waals surface area contributed by atoms with Crippen LogP contribution in [0.15, 0.2) is 24.5 Å². The van der Waals surface area contributed by atoms with E-state index >= 15 is 0 Å². The van der Waals surface area contributed by atoms with Gasteiger partial charge in [-0.25, -0.2) is 0 Å². The summed E-state index contributed by atoms with van der Waals surface area (Å²) in [5, 5.41) is 3.39. The molecule has 0 aliphatic carbocycles. The molecular weight excluding hydrogens is 324 g/mol. The molecule has 6 heteroatoms. The van der Waals surface area contributed by atoms with Gasteiger partial charge in [0.15, 0.2) is 0 Å². The lowest BCUT2D eigenvalue weighted by atomic mass is 9.93. The number of nitrogens with zero attached hydrogens (tertiary/aromatic N) is 3. The maximum absolute atomic E-state index is 12.4. The summed E-state index contributed by atoms with van der Waals surface area (Å²) in [6.07, 6.45) is 7.94.